The van der Waals surface area contributed by atoms with E-state index in [-0.39, 0.29) is 11.7 Å². The molecule has 0 radical (unpaired) electrons. The second kappa shape index (κ2) is 6.29. The fourth-order valence-corrected chi connectivity index (χ4v) is 3.77. The van der Waals surface area contributed by atoms with E-state index in [1.54, 1.807) is 0 Å². The smallest absolute Gasteiger partial charge is 0.324 e. The molecule has 7 nitrogen and oxygen atoms in total. The van der Waals surface area contributed by atoms with Crippen LogP contribution < -0.4 is 10.0 Å². The molecule has 124 valence electrons. The minimum absolute atomic E-state index is 0.0410. The van der Waals surface area contributed by atoms with E-state index in [0.717, 1.165) is 18.4 Å². The van der Waals surface area contributed by atoms with E-state index in [2.05, 4.69) is 10.1 Å². The van der Waals surface area contributed by atoms with Gasteiger partial charge in [-0.3, -0.25) is 0 Å². The average molecular weight is 336 g/mol. The van der Waals surface area contributed by atoms with E-state index in [0.29, 0.717) is 24.9 Å². The van der Waals surface area contributed by atoms with Crippen molar-refractivity contribution in [2.45, 2.75) is 19.8 Å². The zero-order valence-corrected chi connectivity index (χ0v) is 13.8. The summed E-state index contributed by atoms with van der Waals surface area (Å²) >= 11 is 0. The normalized spacial score (nSPS) is 16.7. The molecular formula is C15H20N4O3S. The highest BCUT2D eigenvalue weighted by Crippen LogP contribution is 2.25. The summed E-state index contributed by atoms with van der Waals surface area (Å²) in [5, 5.41) is 9.13. The highest BCUT2D eigenvalue weighted by molar-refractivity contribution is 7.89. The lowest BCUT2D eigenvalue weighted by Gasteiger charge is -2.29. The number of rotatable bonds is 4. The third kappa shape index (κ3) is 4.08. The number of piperidine rings is 1. The number of hydrogen-bond donors (Lipinski definition) is 1. The monoisotopic (exact) mass is 336 g/mol. The first-order chi connectivity index (χ1) is 10.9. The fraction of sp³-hybridized carbons (Fsp3) is 0.467. The maximum atomic E-state index is 11.2. The Bertz CT molecular complexity index is 762. The zero-order chi connectivity index (χ0) is 16.4. The van der Waals surface area contributed by atoms with Gasteiger partial charge in [-0.25, -0.2) is 13.6 Å². The molecule has 8 heteroatoms. The molecule has 1 saturated heterocycles. The molecule has 0 spiro atoms. The standard InChI is InChI=1S/C15H20N4O3S/c1-11-2-4-13(5-3-11)14-17-15(22-18-14)19-8-6-12(7-9-19)10-23(16,20)21/h2-5,12H,6-10H2,1H3,(H2,16,20,21). The van der Waals surface area contributed by atoms with Gasteiger partial charge < -0.3 is 9.42 Å². The van der Waals surface area contributed by atoms with Crippen molar-refractivity contribution in [3.05, 3.63) is 29.8 Å². The van der Waals surface area contributed by atoms with Crippen molar-refractivity contribution in [3.63, 3.8) is 0 Å². The third-order valence-corrected chi connectivity index (χ3v) is 5.01. The van der Waals surface area contributed by atoms with Gasteiger partial charge in [-0.2, -0.15) is 4.98 Å². The van der Waals surface area contributed by atoms with Crippen molar-refractivity contribution in [2.24, 2.45) is 11.1 Å². The molecule has 1 aliphatic heterocycles. The van der Waals surface area contributed by atoms with Gasteiger partial charge in [-0.15, -0.1) is 0 Å². The predicted molar refractivity (Wildman–Crippen MR) is 87.4 cm³/mol. The lowest BCUT2D eigenvalue weighted by Crippen LogP contribution is -2.37. The molecule has 1 aromatic heterocycles. The number of aryl methyl sites for hydroxylation is 1. The Morgan fingerprint density at radius 2 is 1.91 bits per heavy atom. The number of aromatic nitrogens is 2. The molecule has 1 fully saturated rings. The van der Waals surface area contributed by atoms with Crippen LogP contribution in [0.1, 0.15) is 18.4 Å². The third-order valence-electron chi connectivity index (χ3n) is 4.08. The summed E-state index contributed by atoms with van der Waals surface area (Å²) in [6.07, 6.45) is 1.50. The summed E-state index contributed by atoms with van der Waals surface area (Å²) in [6, 6.07) is 8.41. The Kier molecular flexibility index (Phi) is 4.36. The summed E-state index contributed by atoms with van der Waals surface area (Å²) < 4.78 is 27.7. The fourth-order valence-electron chi connectivity index (χ4n) is 2.78. The Hall–Kier alpha value is -1.93. The van der Waals surface area contributed by atoms with Crippen LogP contribution in [0.5, 0.6) is 0 Å². The van der Waals surface area contributed by atoms with Crippen LogP contribution in [-0.4, -0.2) is 37.4 Å². The minimum atomic E-state index is -3.41. The van der Waals surface area contributed by atoms with E-state index >= 15 is 0 Å². The summed E-state index contributed by atoms with van der Waals surface area (Å²) in [7, 11) is -3.41. The van der Waals surface area contributed by atoms with E-state index in [1.165, 1.54) is 5.56 Å². The van der Waals surface area contributed by atoms with Crippen molar-refractivity contribution in [1.29, 1.82) is 0 Å². The molecule has 1 aromatic carbocycles. The van der Waals surface area contributed by atoms with E-state index in [1.807, 2.05) is 36.1 Å². The SMILES string of the molecule is Cc1ccc(-c2noc(N3CCC(CS(N)(=O)=O)CC3)n2)cc1. The molecule has 2 aromatic rings. The first-order valence-electron chi connectivity index (χ1n) is 7.57. The highest BCUT2D eigenvalue weighted by atomic mass is 32.2. The molecule has 2 heterocycles. The van der Waals surface area contributed by atoms with E-state index in [4.69, 9.17) is 9.66 Å². The number of nitrogens with two attached hydrogens (primary N) is 1. The molecule has 23 heavy (non-hydrogen) atoms. The second-order valence-corrected chi connectivity index (χ2v) is 7.69. The zero-order valence-electron chi connectivity index (χ0n) is 13.0. The van der Waals surface area contributed by atoms with Crippen LogP contribution in [-0.2, 0) is 10.0 Å². The van der Waals surface area contributed by atoms with Crippen LogP contribution in [0.3, 0.4) is 0 Å². The summed E-state index contributed by atoms with van der Waals surface area (Å²) in [6.45, 7) is 3.41. The van der Waals surface area contributed by atoms with Crippen LogP contribution in [0.2, 0.25) is 0 Å². The van der Waals surface area contributed by atoms with Crippen LogP contribution in [0.4, 0.5) is 6.01 Å². The summed E-state index contributed by atoms with van der Waals surface area (Å²) in [5.41, 5.74) is 2.09. The highest BCUT2D eigenvalue weighted by Gasteiger charge is 2.25. The maximum Gasteiger partial charge on any atom is 0.324 e. The number of benzene rings is 1. The Labute approximate surface area is 135 Å². The quantitative estimate of drug-likeness (QED) is 0.909. The Balaban J connectivity index is 1.64. The number of sulfonamides is 1. The number of hydrogen-bond acceptors (Lipinski definition) is 6. The lowest BCUT2D eigenvalue weighted by atomic mass is 9.99. The van der Waals surface area contributed by atoms with Crippen LogP contribution in [0.25, 0.3) is 11.4 Å². The van der Waals surface area contributed by atoms with Gasteiger partial charge in [0, 0.05) is 18.7 Å². The lowest BCUT2D eigenvalue weighted by molar-refractivity contribution is 0.377. The molecule has 2 N–H and O–H groups in total. The summed E-state index contributed by atoms with van der Waals surface area (Å²) in [4.78, 5) is 6.43. The molecule has 0 unspecified atom stereocenters. The topological polar surface area (TPSA) is 102 Å². The van der Waals surface area contributed by atoms with E-state index < -0.39 is 10.0 Å². The van der Waals surface area contributed by atoms with Gasteiger partial charge in [-0.05, 0) is 25.7 Å². The second-order valence-electron chi connectivity index (χ2n) is 6.03. The van der Waals surface area contributed by atoms with Gasteiger partial charge in [0.25, 0.3) is 0 Å². The van der Waals surface area contributed by atoms with Crippen molar-refractivity contribution < 1.29 is 12.9 Å². The van der Waals surface area contributed by atoms with Crippen LogP contribution in [0.15, 0.2) is 28.8 Å². The van der Waals surface area contributed by atoms with Gasteiger partial charge in [0.15, 0.2) is 0 Å². The predicted octanol–water partition coefficient (Wildman–Crippen LogP) is 1.55. The van der Waals surface area contributed by atoms with Crippen molar-refractivity contribution >= 4 is 16.0 Å². The molecule has 0 aliphatic carbocycles. The number of nitrogens with zero attached hydrogens (tertiary/aromatic N) is 3. The van der Waals surface area contributed by atoms with Crippen molar-refractivity contribution in [3.8, 4) is 11.4 Å². The van der Waals surface area contributed by atoms with Crippen molar-refractivity contribution in [2.75, 3.05) is 23.7 Å². The number of primary sulfonamides is 1. The molecule has 3 rings (SSSR count). The first-order valence-corrected chi connectivity index (χ1v) is 9.28. The number of anilines is 1. The van der Waals surface area contributed by atoms with Crippen LogP contribution in [0, 0.1) is 12.8 Å². The minimum Gasteiger partial charge on any atom is -0.324 e. The van der Waals surface area contributed by atoms with Gasteiger partial charge in [0.1, 0.15) is 0 Å². The van der Waals surface area contributed by atoms with Gasteiger partial charge in [-0.1, -0.05) is 35.0 Å². The largest absolute Gasteiger partial charge is 0.324 e. The molecule has 1 aliphatic rings. The Morgan fingerprint density at radius 3 is 2.52 bits per heavy atom. The van der Waals surface area contributed by atoms with Gasteiger partial charge in [0.05, 0.1) is 5.75 Å². The van der Waals surface area contributed by atoms with Crippen molar-refractivity contribution in [1.82, 2.24) is 10.1 Å². The Morgan fingerprint density at radius 1 is 1.26 bits per heavy atom. The molecule has 0 bridgehead atoms. The molecule has 0 saturated carbocycles. The van der Waals surface area contributed by atoms with E-state index in [9.17, 15) is 8.42 Å². The van der Waals surface area contributed by atoms with Crippen LogP contribution >= 0.6 is 0 Å². The molecular weight excluding hydrogens is 316 g/mol. The molecule has 0 atom stereocenters. The van der Waals surface area contributed by atoms with Gasteiger partial charge in [0.2, 0.25) is 15.8 Å². The molecule has 0 amide bonds. The summed E-state index contributed by atoms with van der Waals surface area (Å²) in [5.74, 6) is 0.701. The first kappa shape index (κ1) is 15.9. The average Bonchev–Trinajstić information content (AvgIpc) is 2.97. The van der Waals surface area contributed by atoms with Gasteiger partial charge >= 0.3 is 6.01 Å². The maximum absolute atomic E-state index is 11.2.